The fourth-order valence-electron chi connectivity index (χ4n) is 4.02. The van der Waals surface area contributed by atoms with Gasteiger partial charge < -0.3 is 20.8 Å². The molecular weight excluding hydrogens is 466 g/mol. The Morgan fingerprint density at radius 2 is 2.06 bits per heavy atom. The molecule has 0 bridgehead atoms. The number of carboxylic acids is 1. The summed E-state index contributed by atoms with van der Waals surface area (Å²) in [5.41, 5.74) is 6.02. The maximum atomic E-state index is 13.2. The molecule has 2 aliphatic rings. The van der Waals surface area contributed by atoms with Gasteiger partial charge >= 0.3 is 5.97 Å². The predicted octanol–water partition coefficient (Wildman–Crippen LogP) is 1.14. The second-order valence-corrected chi connectivity index (χ2v) is 10.0. The molecule has 0 spiro atoms. The highest BCUT2D eigenvalue weighted by Gasteiger charge is 2.59. The number of carbonyl (C=O) groups excluding carboxylic acids is 2. The van der Waals surface area contributed by atoms with Crippen molar-refractivity contribution in [2.24, 2.45) is 11.1 Å². The van der Waals surface area contributed by atoms with Crippen molar-refractivity contribution in [3.05, 3.63) is 42.0 Å². The van der Waals surface area contributed by atoms with Crippen molar-refractivity contribution in [3.63, 3.8) is 0 Å². The Morgan fingerprint density at radius 1 is 1.30 bits per heavy atom. The van der Waals surface area contributed by atoms with E-state index in [-0.39, 0.29) is 47.7 Å². The molecule has 0 radical (unpaired) electrons. The molecule has 33 heavy (non-hydrogen) atoms. The molecule has 0 aliphatic carbocycles. The molecule has 4 N–H and O–H groups in total. The topological polar surface area (TPSA) is 150 Å². The van der Waals surface area contributed by atoms with Crippen LogP contribution in [0.5, 0.6) is 5.88 Å². The van der Waals surface area contributed by atoms with Crippen LogP contribution in [0, 0.1) is 5.41 Å². The molecule has 2 unspecified atom stereocenters. The van der Waals surface area contributed by atoms with Crippen LogP contribution in [0.15, 0.2) is 41.4 Å². The van der Waals surface area contributed by atoms with Crippen molar-refractivity contribution < 1.29 is 24.6 Å². The van der Waals surface area contributed by atoms with Crippen LogP contribution >= 0.6 is 23.5 Å². The van der Waals surface area contributed by atoms with Crippen molar-refractivity contribution in [2.45, 2.75) is 29.9 Å². The zero-order valence-corrected chi connectivity index (χ0v) is 19.4. The summed E-state index contributed by atoms with van der Waals surface area (Å²) in [6.07, 6.45) is 0. The molecule has 10 nitrogen and oxygen atoms in total. The van der Waals surface area contributed by atoms with E-state index >= 15 is 0 Å². The summed E-state index contributed by atoms with van der Waals surface area (Å²) in [4.78, 5) is 41.0. The highest BCUT2D eigenvalue weighted by atomic mass is 32.2. The van der Waals surface area contributed by atoms with Crippen LogP contribution < -0.4 is 10.6 Å². The van der Waals surface area contributed by atoms with Crippen molar-refractivity contribution in [2.75, 3.05) is 23.0 Å². The normalized spacial score (nSPS) is 24.1. The molecule has 12 heteroatoms. The number of thioether (sulfide) groups is 2. The first-order valence-electron chi connectivity index (χ1n) is 10.2. The number of nitrogens with zero attached hydrogens (tertiary/aromatic N) is 4. The number of β-lactam (4-membered cyclic amide) rings is 1. The van der Waals surface area contributed by atoms with Crippen LogP contribution in [-0.2, 0) is 20.9 Å². The largest absolute Gasteiger partial charge is 0.492 e. The lowest BCUT2D eigenvalue weighted by Gasteiger charge is -2.56. The first kappa shape index (κ1) is 23.3. The highest BCUT2D eigenvalue weighted by molar-refractivity contribution is 8.00. The van der Waals surface area contributed by atoms with E-state index in [9.17, 15) is 24.6 Å². The van der Waals surface area contributed by atoms with Crippen LogP contribution in [-0.4, -0.2) is 72.6 Å². The van der Waals surface area contributed by atoms with Crippen LogP contribution in [0.3, 0.4) is 0 Å². The number of hydrogen-bond donors (Lipinski definition) is 3. The van der Waals surface area contributed by atoms with Gasteiger partial charge in [0.25, 0.3) is 0 Å². The number of hydrogen-bond acceptors (Lipinski definition) is 9. The van der Waals surface area contributed by atoms with Gasteiger partial charge in [0.15, 0.2) is 0 Å². The molecule has 1 aromatic heterocycles. The van der Waals surface area contributed by atoms with Crippen molar-refractivity contribution in [3.8, 4) is 5.88 Å². The number of fused-ring (bicyclic) bond motifs is 1. The number of nitrogens with two attached hydrogens (primary N) is 1. The fourth-order valence-corrected chi connectivity index (χ4v) is 6.74. The van der Waals surface area contributed by atoms with E-state index in [0.29, 0.717) is 10.7 Å². The minimum Gasteiger partial charge on any atom is -0.492 e. The molecule has 174 valence electrons. The van der Waals surface area contributed by atoms with Crippen LogP contribution in [0.4, 0.5) is 5.69 Å². The lowest BCUT2D eigenvalue weighted by Crippen LogP contribution is -2.74. The summed E-state index contributed by atoms with van der Waals surface area (Å²) >= 11 is 2.57. The summed E-state index contributed by atoms with van der Waals surface area (Å²) in [7, 11) is 0. The number of carboxylic acid groups (broad SMARTS) is 1. The zero-order chi connectivity index (χ0) is 23.8. The molecule has 3 heterocycles. The Hall–Kier alpha value is -2.83. The van der Waals surface area contributed by atoms with Gasteiger partial charge in [-0.3, -0.25) is 19.3 Å². The Labute approximate surface area is 198 Å². The Bertz CT molecular complexity index is 1080. The van der Waals surface area contributed by atoms with Gasteiger partial charge in [-0.05, 0) is 17.7 Å². The van der Waals surface area contributed by atoms with E-state index < -0.39 is 17.4 Å². The van der Waals surface area contributed by atoms with Gasteiger partial charge in [-0.1, -0.05) is 18.2 Å². The van der Waals surface area contributed by atoms with E-state index in [2.05, 4.69) is 10.2 Å². The van der Waals surface area contributed by atoms with Crippen LogP contribution in [0.2, 0.25) is 0 Å². The zero-order valence-electron chi connectivity index (χ0n) is 17.7. The summed E-state index contributed by atoms with van der Waals surface area (Å²) in [6.45, 7) is 1.67. The molecule has 2 saturated heterocycles. The number of amides is 2. The minimum absolute atomic E-state index is 0.0398. The number of carbonyl (C=O) groups is 3. The van der Waals surface area contributed by atoms with Gasteiger partial charge in [-0.2, -0.15) is 0 Å². The molecule has 2 fully saturated rings. The second kappa shape index (κ2) is 9.20. The molecule has 2 aliphatic heterocycles. The highest BCUT2D eigenvalue weighted by Crippen LogP contribution is 2.46. The summed E-state index contributed by atoms with van der Waals surface area (Å²) in [5.74, 6) is -1.31. The van der Waals surface area contributed by atoms with Gasteiger partial charge in [0.1, 0.15) is 21.9 Å². The van der Waals surface area contributed by atoms with Crippen molar-refractivity contribution in [1.29, 1.82) is 0 Å². The number of aromatic nitrogens is 2. The molecule has 2 aromatic rings. The van der Waals surface area contributed by atoms with Crippen molar-refractivity contribution >= 4 is 47.0 Å². The quantitative estimate of drug-likeness (QED) is 0.382. The summed E-state index contributed by atoms with van der Waals surface area (Å²) in [6, 6.07) is 9.44. The monoisotopic (exact) mass is 489 g/mol. The number of aliphatic carboxylic acids is 1. The minimum atomic E-state index is -1.18. The number of benzene rings is 1. The van der Waals surface area contributed by atoms with Crippen LogP contribution in [0.1, 0.15) is 12.5 Å². The van der Waals surface area contributed by atoms with E-state index in [1.165, 1.54) is 46.3 Å². The molecular formula is C21H23N5O5S2. The van der Waals surface area contributed by atoms with Gasteiger partial charge in [-0.25, -0.2) is 0 Å². The number of para-hydroxylation sites is 1. The average molecular weight is 490 g/mol. The van der Waals surface area contributed by atoms with Crippen LogP contribution in [0.25, 0.3) is 0 Å². The lowest BCUT2D eigenvalue weighted by atomic mass is 9.89. The molecule has 0 saturated carbocycles. The van der Waals surface area contributed by atoms with E-state index in [1.807, 2.05) is 12.1 Å². The SMILES string of the molecule is CC(=O)N(c1ccccc1CN)C1C(=O)N2CC(CSc3ccc(O)nn3)(C(=O)O)CS[C@H]12. The van der Waals surface area contributed by atoms with E-state index in [0.717, 1.165) is 5.56 Å². The second-order valence-electron chi connectivity index (χ2n) is 7.94. The number of aromatic hydroxyl groups is 1. The Morgan fingerprint density at radius 3 is 2.70 bits per heavy atom. The molecule has 1 aromatic carbocycles. The molecule has 2 amide bonds. The first-order valence-corrected chi connectivity index (χ1v) is 12.2. The third-order valence-corrected chi connectivity index (χ3v) is 8.56. The standard InChI is InChI=1S/C21H23N5O5S2/c1-12(27)26(14-5-3-2-4-13(14)8-22)17-18(29)25-9-21(20(30)31,11-33-19(17)25)10-32-16-7-6-15(28)23-24-16/h2-7,17,19H,8-11,22H2,1H3,(H,23,28)(H,30,31)/t17?,19-,21?/m1/s1. The van der Waals surface area contributed by atoms with Gasteiger partial charge in [0.2, 0.25) is 17.7 Å². The third-order valence-electron chi connectivity index (χ3n) is 5.78. The predicted molar refractivity (Wildman–Crippen MR) is 124 cm³/mol. The Kier molecular flexibility index (Phi) is 6.50. The Balaban J connectivity index is 1.53. The maximum absolute atomic E-state index is 13.2. The summed E-state index contributed by atoms with van der Waals surface area (Å²) < 4.78 is 0. The molecule has 4 rings (SSSR count). The fraction of sp³-hybridized carbons (Fsp3) is 0.381. The smallest absolute Gasteiger partial charge is 0.313 e. The van der Waals surface area contributed by atoms with Crippen molar-refractivity contribution in [1.82, 2.24) is 15.1 Å². The van der Waals surface area contributed by atoms with E-state index in [1.54, 1.807) is 18.2 Å². The number of anilines is 1. The maximum Gasteiger partial charge on any atom is 0.313 e. The molecule has 3 atom stereocenters. The van der Waals surface area contributed by atoms with Gasteiger partial charge in [0, 0.05) is 43.3 Å². The summed E-state index contributed by atoms with van der Waals surface area (Å²) in [5, 5.41) is 26.9. The van der Waals surface area contributed by atoms with Gasteiger partial charge in [0.05, 0.1) is 0 Å². The van der Waals surface area contributed by atoms with E-state index in [4.69, 9.17) is 5.73 Å². The van der Waals surface area contributed by atoms with Gasteiger partial charge in [-0.15, -0.1) is 33.7 Å². The average Bonchev–Trinajstić information content (AvgIpc) is 2.81. The lowest BCUT2D eigenvalue weighted by molar-refractivity contribution is -0.156. The third kappa shape index (κ3) is 4.25. The number of rotatable bonds is 7. The first-order chi connectivity index (χ1) is 15.8.